The Hall–Kier alpha value is -1.85. The maximum Gasteiger partial charge on any atom is 0.248 e. The van der Waals surface area contributed by atoms with Gasteiger partial charge in [-0.1, -0.05) is 0 Å². The Morgan fingerprint density at radius 3 is 2.65 bits per heavy atom. The van der Waals surface area contributed by atoms with Gasteiger partial charge < -0.3 is 10.2 Å². The Labute approximate surface area is 119 Å². The molecule has 6 heteroatoms. The van der Waals surface area contributed by atoms with Crippen LogP contribution in [-0.2, 0) is 9.59 Å². The van der Waals surface area contributed by atoms with Gasteiger partial charge >= 0.3 is 0 Å². The van der Waals surface area contributed by atoms with E-state index in [9.17, 15) is 9.59 Å². The van der Waals surface area contributed by atoms with Crippen LogP contribution < -0.4 is 5.32 Å². The molecule has 0 radical (unpaired) electrons. The molecule has 2 rings (SSSR count). The molecule has 0 spiro atoms. The van der Waals surface area contributed by atoms with Gasteiger partial charge in [0.1, 0.15) is 11.6 Å². The second-order valence-corrected chi connectivity index (χ2v) is 5.85. The summed E-state index contributed by atoms with van der Waals surface area (Å²) in [5, 5.41) is 7.16. The fraction of sp³-hybridized carbons (Fsp3) is 0.643. The van der Waals surface area contributed by atoms with Crippen molar-refractivity contribution in [3.63, 3.8) is 0 Å². The molecule has 6 nitrogen and oxygen atoms in total. The van der Waals surface area contributed by atoms with Gasteiger partial charge in [-0.25, -0.2) is 0 Å². The van der Waals surface area contributed by atoms with Crippen molar-refractivity contribution in [3.05, 3.63) is 17.5 Å². The second kappa shape index (κ2) is 4.92. The van der Waals surface area contributed by atoms with Gasteiger partial charge in [0.2, 0.25) is 11.8 Å². The molecule has 2 amide bonds. The third kappa shape index (κ3) is 2.30. The normalized spacial score (nSPS) is 19.6. The molecule has 110 valence electrons. The summed E-state index contributed by atoms with van der Waals surface area (Å²) in [7, 11) is 0. The number of hydrogen-bond donors (Lipinski definition) is 1. The first-order chi connectivity index (χ1) is 9.25. The number of hydrogen-bond acceptors (Lipinski definition) is 3. The molecule has 1 aromatic heterocycles. The summed E-state index contributed by atoms with van der Waals surface area (Å²) in [6.45, 7) is 10.2. The van der Waals surface area contributed by atoms with Crippen molar-refractivity contribution in [1.29, 1.82) is 0 Å². The SMILES string of the molecule is Cc1cc(C)n([C@H](C)C(=O)N2CCNC(=O)C2(C)C)n1. The third-order valence-electron chi connectivity index (χ3n) is 3.89. The van der Waals surface area contributed by atoms with E-state index in [1.165, 1.54) is 0 Å². The van der Waals surface area contributed by atoms with Crippen LogP contribution in [-0.4, -0.2) is 45.1 Å². The monoisotopic (exact) mass is 278 g/mol. The lowest BCUT2D eigenvalue weighted by Crippen LogP contribution is -2.64. The van der Waals surface area contributed by atoms with Crippen LogP contribution in [0.1, 0.15) is 38.2 Å². The average Bonchev–Trinajstić information content (AvgIpc) is 2.70. The highest BCUT2D eigenvalue weighted by atomic mass is 16.2. The van der Waals surface area contributed by atoms with Crippen LogP contribution in [0.15, 0.2) is 6.07 Å². The standard InChI is InChI=1S/C14H22N4O2/c1-9-8-10(2)18(16-9)11(3)12(19)17-7-6-15-13(20)14(17,4)5/h8,11H,6-7H2,1-5H3,(H,15,20)/t11-/m1/s1. The topological polar surface area (TPSA) is 67.2 Å². The van der Waals surface area contributed by atoms with E-state index in [0.29, 0.717) is 13.1 Å². The molecule has 1 aliphatic heterocycles. The van der Waals surface area contributed by atoms with Gasteiger partial charge in [0.25, 0.3) is 0 Å². The average molecular weight is 278 g/mol. The van der Waals surface area contributed by atoms with Gasteiger partial charge in [-0.05, 0) is 40.7 Å². The number of piperazine rings is 1. The molecule has 0 saturated carbocycles. The molecule has 0 aromatic carbocycles. The molecule has 20 heavy (non-hydrogen) atoms. The van der Waals surface area contributed by atoms with E-state index in [4.69, 9.17) is 0 Å². The summed E-state index contributed by atoms with van der Waals surface area (Å²) in [6, 6.07) is 1.53. The molecule has 1 aromatic rings. The van der Waals surface area contributed by atoms with Crippen molar-refractivity contribution < 1.29 is 9.59 Å². The molecule has 1 aliphatic rings. The van der Waals surface area contributed by atoms with E-state index in [1.807, 2.05) is 26.8 Å². The molecule has 1 atom stereocenters. The zero-order chi connectivity index (χ0) is 15.1. The maximum absolute atomic E-state index is 12.7. The molecule has 2 heterocycles. The largest absolute Gasteiger partial charge is 0.352 e. The Bertz CT molecular complexity index is 547. The highest BCUT2D eigenvalue weighted by Crippen LogP contribution is 2.22. The predicted octanol–water partition coefficient (Wildman–Crippen LogP) is 0.798. The lowest BCUT2D eigenvalue weighted by atomic mass is 9.98. The van der Waals surface area contributed by atoms with Crippen LogP contribution in [0.25, 0.3) is 0 Å². The fourth-order valence-electron chi connectivity index (χ4n) is 2.65. The summed E-state index contributed by atoms with van der Waals surface area (Å²) >= 11 is 0. The highest BCUT2D eigenvalue weighted by molar-refractivity contribution is 5.92. The smallest absolute Gasteiger partial charge is 0.248 e. The van der Waals surface area contributed by atoms with Crippen molar-refractivity contribution in [3.8, 4) is 0 Å². The quantitative estimate of drug-likeness (QED) is 0.870. The lowest BCUT2D eigenvalue weighted by Gasteiger charge is -2.42. The first-order valence-corrected chi connectivity index (χ1v) is 6.87. The number of rotatable bonds is 2. The van der Waals surface area contributed by atoms with E-state index >= 15 is 0 Å². The first kappa shape index (κ1) is 14.6. The van der Waals surface area contributed by atoms with E-state index in [1.54, 1.807) is 23.4 Å². The van der Waals surface area contributed by atoms with Crippen molar-refractivity contribution in [2.45, 2.75) is 46.2 Å². The van der Waals surface area contributed by atoms with Crippen LogP contribution in [0.2, 0.25) is 0 Å². The minimum absolute atomic E-state index is 0.0731. The zero-order valence-electron chi connectivity index (χ0n) is 12.7. The molecular formula is C14H22N4O2. The number of amides is 2. The minimum atomic E-state index is -0.820. The third-order valence-corrected chi connectivity index (χ3v) is 3.89. The number of carbonyl (C=O) groups excluding carboxylic acids is 2. The van der Waals surface area contributed by atoms with Crippen LogP contribution in [0.4, 0.5) is 0 Å². The Balaban J connectivity index is 2.26. The van der Waals surface area contributed by atoms with Gasteiger partial charge in [-0.2, -0.15) is 5.10 Å². The minimum Gasteiger partial charge on any atom is -0.352 e. The maximum atomic E-state index is 12.7. The summed E-state index contributed by atoms with van der Waals surface area (Å²) < 4.78 is 1.72. The summed E-state index contributed by atoms with van der Waals surface area (Å²) in [4.78, 5) is 26.3. The van der Waals surface area contributed by atoms with Crippen LogP contribution in [0.3, 0.4) is 0 Å². The lowest BCUT2D eigenvalue weighted by molar-refractivity contribution is -0.151. The molecule has 0 unspecified atom stereocenters. The van der Waals surface area contributed by atoms with E-state index in [-0.39, 0.29) is 11.8 Å². The molecule has 1 fully saturated rings. The number of nitrogens with one attached hydrogen (secondary N) is 1. The van der Waals surface area contributed by atoms with Gasteiger partial charge in [-0.3, -0.25) is 14.3 Å². The first-order valence-electron chi connectivity index (χ1n) is 6.87. The molecular weight excluding hydrogens is 256 g/mol. The highest BCUT2D eigenvalue weighted by Gasteiger charge is 2.42. The number of aromatic nitrogens is 2. The van der Waals surface area contributed by atoms with E-state index < -0.39 is 11.6 Å². The van der Waals surface area contributed by atoms with Crippen molar-refractivity contribution in [2.24, 2.45) is 0 Å². The van der Waals surface area contributed by atoms with Crippen molar-refractivity contribution >= 4 is 11.8 Å². The number of nitrogens with zero attached hydrogens (tertiary/aromatic N) is 3. The second-order valence-electron chi connectivity index (χ2n) is 5.85. The zero-order valence-corrected chi connectivity index (χ0v) is 12.7. The van der Waals surface area contributed by atoms with Crippen LogP contribution in [0, 0.1) is 13.8 Å². The molecule has 1 N–H and O–H groups in total. The number of carbonyl (C=O) groups is 2. The fourth-order valence-corrected chi connectivity index (χ4v) is 2.65. The summed E-state index contributed by atoms with van der Waals surface area (Å²) in [6.07, 6.45) is 0. The Morgan fingerprint density at radius 2 is 2.10 bits per heavy atom. The van der Waals surface area contributed by atoms with Gasteiger partial charge in [0.15, 0.2) is 0 Å². The van der Waals surface area contributed by atoms with Crippen LogP contribution >= 0.6 is 0 Å². The number of aryl methyl sites for hydroxylation is 2. The predicted molar refractivity (Wildman–Crippen MR) is 75.2 cm³/mol. The van der Waals surface area contributed by atoms with E-state index in [0.717, 1.165) is 11.4 Å². The van der Waals surface area contributed by atoms with Crippen LogP contribution in [0.5, 0.6) is 0 Å². The van der Waals surface area contributed by atoms with Crippen molar-refractivity contribution in [1.82, 2.24) is 20.0 Å². The van der Waals surface area contributed by atoms with Gasteiger partial charge in [0, 0.05) is 18.8 Å². The molecule has 0 aliphatic carbocycles. The summed E-state index contributed by atoms with van der Waals surface area (Å²) in [5.74, 6) is -0.186. The van der Waals surface area contributed by atoms with Gasteiger partial charge in [-0.15, -0.1) is 0 Å². The Morgan fingerprint density at radius 1 is 1.45 bits per heavy atom. The molecule has 1 saturated heterocycles. The van der Waals surface area contributed by atoms with Gasteiger partial charge in [0.05, 0.1) is 5.69 Å². The van der Waals surface area contributed by atoms with Crippen molar-refractivity contribution in [2.75, 3.05) is 13.1 Å². The molecule has 0 bridgehead atoms. The summed E-state index contributed by atoms with van der Waals surface area (Å²) in [5.41, 5.74) is 1.01. The van der Waals surface area contributed by atoms with E-state index in [2.05, 4.69) is 10.4 Å². The Kier molecular flexibility index (Phi) is 3.58.